The van der Waals surface area contributed by atoms with Crippen LogP contribution in [0.5, 0.6) is 0 Å². The maximum Gasteiger partial charge on any atom is 0.338 e. The van der Waals surface area contributed by atoms with Gasteiger partial charge >= 0.3 is 6.03 Å². The molecular formula is C19H19N3O3S. The predicted octanol–water partition coefficient (Wildman–Crippen LogP) is 3.72. The number of urea groups is 1. The van der Waals surface area contributed by atoms with E-state index in [1.54, 1.807) is 23.7 Å². The summed E-state index contributed by atoms with van der Waals surface area (Å²) in [5, 5.41) is 11.9. The molecule has 7 heteroatoms. The molecule has 0 fully saturated rings. The molecule has 26 heavy (non-hydrogen) atoms. The zero-order valence-electron chi connectivity index (χ0n) is 14.0. The number of rotatable bonds is 7. The number of nitrogens with two attached hydrogens (primary N) is 1. The monoisotopic (exact) mass is 369 g/mol. The number of hydrogen-bond acceptors (Lipinski definition) is 5. The standard InChI is InChI=1S/C19H19N3O3S/c20-19(23)22(24)12-14-5-7-15(8-6-14)18(16-3-1-9-21-11-16)25-13-17-4-2-10-26-17/h1-11,18,24H,12-13H2,(H2,20,23). The number of primary amides is 1. The average molecular weight is 369 g/mol. The third-order valence-corrected chi connectivity index (χ3v) is 4.68. The lowest BCUT2D eigenvalue weighted by molar-refractivity contribution is -0.0470. The maximum absolute atomic E-state index is 10.9. The number of ether oxygens (including phenoxy) is 1. The first-order valence-corrected chi connectivity index (χ1v) is 8.90. The second kappa shape index (κ2) is 8.57. The highest BCUT2D eigenvalue weighted by Crippen LogP contribution is 2.28. The van der Waals surface area contributed by atoms with Gasteiger partial charge in [0, 0.05) is 22.8 Å². The van der Waals surface area contributed by atoms with Gasteiger partial charge in [0.1, 0.15) is 6.10 Å². The molecule has 2 aromatic heterocycles. The van der Waals surface area contributed by atoms with E-state index in [1.165, 1.54) is 0 Å². The van der Waals surface area contributed by atoms with Gasteiger partial charge in [-0.25, -0.2) is 9.86 Å². The highest BCUT2D eigenvalue weighted by Gasteiger charge is 2.16. The second-order valence-corrected chi connectivity index (χ2v) is 6.73. The molecule has 3 aromatic rings. The van der Waals surface area contributed by atoms with Crippen LogP contribution in [0.4, 0.5) is 4.79 Å². The van der Waals surface area contributed by atoms with Gasteiger partial charge in [-0.3, -0.25) is 10.2 Å². The van der Waals surface area contributed by atoms with Gasteiger partial charge in [0.25, 0.3) is 0 Å². The van der Waals surface area contributed by atoms with E-state index in [4.69, 9.17) is 10.5 Å². The zero-order chi connectivity index (χ0) is 18.4. The minimum atomic E-state index is -0.887. The lowest BCUT2D eigenvalue weighted by atomic mass is 10.0. The summed E-state index contributed by atoms with van der Waals surface area (Å²) < 4.78 is 6.15. The molecule has 134 valence electrons. The first-order valence-electron chi connectivity index (χ1n) is 8.02. The molecule has 0 spiro atoms. The van der Waals surface area contributed by atoms with E-state index in [9.17, 15) is 10.0 Å². The number of hydroxylamine groups is 2. The fourth-order valence-corrected chi connectivity index (χ4v) is 3.15. The Morgan fingerprint density at radius 2 is 2.00 bits per heavy atom. The lowest BCUT2D eigenvalue weighted by Gasteiger charge is -2.19. The van der Waals surface area contributed by atoms with Crippen LogP contribution < -0.4 is 5.73 Å². The topological polar surface area (TPSA) is 88.7 Å². The lowest BCUT2D eigenvalue weighted by Crippen LogP contribution is -2.31. The van der Waals surface area contributed by atoms with Crippen LogP contribution in [0, 0.1) is 0 Å². The van der Waals surface area contributed by atoms with E-state index < -0.39 is 6.03 Å². The van der Waals surface area contributed by atoms with Crippen LogP contribution in [0.3, 0.4) is 0 Å². The van der Waals surface area contributed by atoms with E-state index in [-0.39, 0.29) is 12.6 Å². The molecule has 0 aliphatic carbocycles. The summed E-state index contributed by atoms with van der Waals surface area (Å²) >= 11 is 1.65. The van der Waals surface area contributed by atoms with Gasteiger partial charge in [-0.1, -0.05) is 36.4 Å². The van der Waals surface area contributed by atoms with Gasteiger partial charge in [-0.15, -0.1) is 11.3 Å². The van der Waals surface area contributed by atoms with Crippen molar-refractivity contribution in [1.82, 2.24) is 10.0 Å². The Bertz CT molecular complexity index is 823. The van der Waals surface area contributed by atoms with E-state index in [1.807, 2.05) is 53.9 Å². The van der Waals surface area contributed by atoms with Crippen molar-refractivity contribution < 1.29 is 14.7 Å². The molecule has 2 amide bonds. The van der Waals surface area contributed by atoms with Crippen molar-refractivity contribution in [3.63, 3.8) is 0 Å². The van der Waals surface area contributed by atoms with Crippen molar-refractivity contribution in [1.29, 1.82) is 0 Å². The van der Waals surface area contributed by atoms with Gasteiger partial charge in [0.15, 0.2) is 0 Å². The third-order valence-electron chi connectivity index (χ3n) is 3.83. The summed E-state index contributed by atoms with van der Waals surface area (Å²) in [6, 6.07) is 14.5. The zero-order valence-corrected chi connectivity index (χ0v) is 14.8. The molecule has 3 rings (SSSR count). The number of pyridine rings is 1. The Hall–Kier alpha value is -2.74. The average Bonchev–Trinajstić information content (AvgIpc) is 3.17. The molecule has 6 nitrogen and oxygen atoms in total. The van der Waals surface area contributed by atoms with Crippen molar-refractivity contribution >= 4 is 17.4 Å². The number of carbonyl (C=O) groups is 1. The smallest absolute Gasteiger partial charge is 0.338 e. The highest BCUT2D eigenvalue weighted by atomic mass is 32.1. The highest BCUT2D eigenvalue weighted by molar-refractivity contribution is 7.09. The van der Waals surface area contributed by atoms with Crippen molar-refractivity contribution in [3.8, 4) is 0 Å². The molecule has 0 aliphatic rings. The molecule has 0 bridgehead atoms. The Morgan fingerprint density at radius 1 is 1.19 bits per heavy atom. The van der Waals surface area contributed by atoms with E-state index >= 15 is 0 Å². The van der Waals surface area contributed by atoms with E-state index in [0.717, 1.165) is 21.6 Å². The largest absolute Gasteiger partial charge is 0.363 e. The van der Waals surface area contributed by atoms with Crippen molar-refractivity contribution in [2.24, 2.45) is 5.73 Å². The molecular weight excluding hydrogens is 350 g/mol. The fraction of sp³-hybridized carbons (Fsp3) is 0.158. The SMILES string of the molecule is NC(=O)N(O)Cc1ccc(C(OCc2cccs2)c2cccnc2)cc1. The first kappa shape index (κ1) is 18.1. The normalized spacial score (nSPS) is 11.9. The van der Waals surface area contributed by atoms with Crippen LogP contribution in [-0.4, -0.2) is 21.3 Å². The molecule has 0 aliphatic heterocycles. The molecule has 2 heterocycles. The van der Waals surface area contributed by atoms with Crippen molar-refractivity contribution in [2.75, 3.05) is 0 Å². The number of thiophene rings is 1. The number of nitrogens with zero attached hydrogens (tertiary/aromatic N) is 2. The van der Waals surface area contributed by atoms with Gasteiger partial charge in [-0.05, 0) is 28.6 Å². The number of carbonyl (C=O) groups excluding carboxylic acids is 1. The third kappa shape index (κ3) is 4.66. The summed E-state index contributed by atoms with van der Waals surface area (Å²) in [6.45, 7) is 0.536. The number of aromatic nitrogens is 1. The molecule has 1 aromatic carbocycles. The molecule has 3 N–H and O–H groups in total. The van der Waals surface area contributed by atoms with Gasteiger partial charge < -0.3 is 10.5 Å². The maximum atomic E-state index is 10.9. The van der Waals surface area contributed by atoms with Crippen LogP contribution >= 0.6 is 11.3 Å². The van der Waals surface area contributed by atoms with Crippen molar-refractivity contribution in [3.05, 3.63) is 87.9 Å². The minimum absolute atomic E-state index is 0.0310. The van der Waals surface area contributed by atoms with Crippen LogP contribution in [0.1, 0.15) is 27.7 Å². The van der Waals surface area contributed by atoms with Crippen LogP contribution in [0.15, 0.2) is 66.3 Å². The van der Waals surface area contributed by atoms with Crippen molar-refractivity contribution in [2.45, 2.75) is 19.3 Å². The number of benzene rings is 1. The van der Waals surface area contributed by atoms with Crippen LogP contribution in [-0.2, 0) is 17.9 Å². The Labute approximate surface area is 155 Å². The summed E-state index contributed by atoms with van der Waals surface area (Å²) in [4.78, 5) is 16.3. The summed E-state index contributed by atoms with van der Waals surface area (Å²) in [6.07, 6.45) is 3.25. The molecule has 0 radical (unpaired) electrons. The van der Waals surface area contributed by atoms with Gasteiger partial charge in [0.05, 0.1) is 13.2 Å². The Kier molecular flexibility index (Phi) is 5.96. The summed E-state index contributed by atoms with van der Waals surface area (Å²) in [7, 11) is 0. The van der Waals surface area contributed by atoms with E-state index in [0.29, 0.717) is 11.7 Å². The molecule has 0 saturated carbocycles. The number of amides is 2. The van der Waals surface area contributed by atoms with Crippen LogP contribution in [0.25, 0.3) is 0 Å². The summed E-state index contributed by atoms with van der Waals surface area (Å²) in [5.74, 6) is 0. The van der Waals surface area contributed by atoms with E-state index in [2.05, 4.69) is 4.98 Å². The minimum Gasteiger partial charge on any atom is -0.363 e. The van der Waals surface area contributed by atoms with Gasteiger partial charge in [0.2, 0.25) is 0 Å². The molecule has 1 unspecified atom stereocenters. The fourth-order valence-electron chi connectivity index (χ4n) is 2.52. The Morgan fingerprint density at radius 3 is 2.62 bits per heavy atom. The predicted molar refractivity (Wildman–Crippen MR) is 98.5 cm³/mol. The Balaban J connectivity index is 1.78. The summed E-state index contributed by atoms with van der Waals surface area (Å²) in [5.41, 5.74) is 7.71. The quantitative estimate of drug-likeness (QED) is 0.491. The molecule has 1 atom stereocenters. The van der Waals surface area contributed by atoms with Gasteiger partial charge in [-0.2, -0.15) is 0 Å². The number of hydrogen-bond donors (Lipinski definition) is 2. The van der Waals surface area contributed by atoms with Crippen LogP contribution in [0.2, 0.25) is 0 Å². The molecule has 0 saturated heterocycles. The first-order chi connectivity index (χ1) is 12.6. The second-order valence-electron chi connectivity index (χ2n) is 5.69.